The molecule has 0 aliphatic heterocycles. The van der Waals surface area contributed by atoms with Crippen LogP contribution in [0.3, 0.4) is 0 Å². The maximum absolute atomic E-state index is 10.9. The van der Waals surface area contributed by atoms with E-state index in [0.717, 1.165) is 25.1 Å². The van der Waals surface area contributed by atoms with E-state index in [0.29, 0.717) is 6.42 Å². The third kappa shape index (κ3) is 5.38. The van der Waals surface area contributed by atoms with Gasteiger partial charge >= 0.3 is 5.97 Å². The first-order chi connectivity index (χ1) is 8.26. The van der Waals surface area contributed by atoms with Crippen LogP contribution in [0.5, 0.6) is 0 Å². The predicted molar refractivity (Wildman–Crippen MR) is 70.2 cm³/mol. The minimum absolute atomic E-state index is 0.148. The highest BCUT2D eigenvalue weighted by atomic mass is 16.5. The fraction of sp³-hybridized carbons (Fsp3) is 0.500. The van der Waals surface area contributed by atoms with Crippen molar-refractivity contribution in [1.82, 2.24) is 0 Å². The van der Waals surface area contributed by atoms with Crippen molar-refractivity contribution in [2.75, 3.05) is 19.0 Å². The highest BCUT2D eigenvalue weighted by molar-refractivity contribution is 5.69. The topological polar surface area (TPSA) is 38.3 Å². The lowest BCUT2D eigenvalue weighted by molar-refractivity contribution is -0.140. The Kier molecular flexibility index (Phi) is 6.15. The van der Waals surface area contributed by atoms with Crippen LogP contribution in [0.15, 0.2) is 24.3 Å². The Morgan fingerprint density at radius 1 is 1.29 bits per heavy atom. The lowest BCUT2D eigenvalue weighted by atomic mass is 10.1. The van der Waals surface area contributed by atoms with E-state index < -0.39 is 0 Å². The molecule has 0 atom stereocenters. The maximum Gasteiger partial charge on any atom is 0.305 e. The van der Waals surface area contributed by atoms with Crippen LogP contribution in [-0.2, 0) is 16.0 Å². The van der Waals surface area contributed by atoms with E-state index in [9.17, 15) is 4.79 Å². The number of nitrogens with one attached hydrogen (secondary N) is 1. The van der Waals surface area contributed by atoms with Crippen LogP contribution in [0.4, 0.5) is 5.69 Å². The van der Waals surface area contributed by atoms with E-state index in [1.165, 1.54) is 19.1 Å². The summed E-state index contributed by atoms with van der Waals surface area (Å²) < 4.78 is 4.58. The first-order valence-corrected chi connectivity index (χ1v) is 6.16. The molecule has 1 N–H and O–H groups in total. The summed E-state index contributed by atoms with van der Waals surface area (Å²) in [6, 6.07) is 8.46. The van der Waals surface area contributed by atoms with Gasteiger partial charge in [-0.05, 0) is 30.5 Å². The average molecular weight is 235 g/mol. The Morgan fingerprint density at radius 3 is 2.59 bits per heavy atom. The van der Waals surface area contributed by atoms with Crippen molar-refractivity contribution in [2.24, 2.45) is 0 Å². The first kappa shape index (κ1) is 13.6. The second-order valence-corrected chi connectivity index (χ2v) is 4.05. The summed E-state index contributed by atoms with van der Waals surface area (Å²) in [5, 5.41) is 3.29. The van der Waals surface area contributed by atoms with Gasteiger partial charge in [0, 0.05) is 18.7 Å². The third-order valence-corrected chi connectivity index (χ3v) is 2.61. The Bertz CT molecular complexity index is 333. The van der Waals surface area contributed by atoms with E-state index in [4.69, 9.17) is 0 Å². The number of carbonyl (C=O) groups is 1. The summed E-state index contributed by atoms with van der Waals surface area (Å²) in [6.45, 7) is 2.97. The molecule has 0 spiro atoms. The fourth-order valence-corrected chi connectivity index (χ4v) is 1.65. The number of carbonyl (C=O) groups excluding carboxylic acids is 1. The largest absolute Gasteiger partial charge is 0.469 e. The second kappa shape index (κ2) is 7.71. The van der Waals surface area contributed by atoms with Gasteiger partial charge in [-0.25, -0.2) is 0 Å². The van der Waals surface area contributed by atoms with Gasteiger partial charge < -0.3 is 10.1 Å². The molecule has 0 saturated carbocycles. The number of aryl methyl sites for hydroxylation is 1. The number of hydrogen-bond acceptors (Lipinski definition) is 3. The lowest BCUT2D eigenvalue weighted by Gasteiger charge is -2.06. The number of rotatable bonds is 7. The standard InChI is InChI=1S/C14H21NO2/c1-3-5-12-7-9-13(10-8-12)15-11-4-6-14(16)17-2/h7-10,15H,3-6,11H2,1-2H3. The Labute approximate surface area is 103 Å². The number of methoxy groups -OCH3 is 1. The van der Waals surface area contributed by atoms with Gasteiger partial charge in [0.2, 0.25) is 0 Å². The smallest absolute Gasteiger partial charge is 0.305 e. The number of esters is 1. The number of anilines is 1. The molecule has 1 aromatic rings. The van der Waals surface area contributed by atoms with Crippen LogP contribution >= 0.6 is 0 Å². The minimum atomic E-state index is -0.148. The summed E-state index contributed by atoms with van der Waals surface area (Å²) in [5.74, 6) is -0.148. The van der Waals surface area contributed by atoms with Crippen molar-refractivity contribution < 1.29 is 9.53 Å². The zero-order valence-corrected chi connectivity index (χ0v) is 10.7. The van der Waals surface area contributed by atoms with Gasteiger partial charge in [0.05, 0.1) is 7.11 Å². The Morgan fingerprint density at radius 2 is 2.00 bits per heavy atom. The van der Waals surface area contributed by atoms with Crippen molar-refractivity contribution in [3.05, 3.63) is 29.8 Å². The molecular formula is C14H21NO2. The van der Waals surface area contributed by atoms with Crippen LogP contribution in [0.2, 0.25) is 0 Å². The van der Waals surface area contributed by atoms with Crippen LogP contribution in [0, 0.1) is 0 Å². The van der Waals surface area contributed by atoms with Gasteiger partial charge in [0.15, 0.2) is 0 Å². The second-order valence-electron chi connectivity index (χ2n) is 4.05. The highest BCUT2D eigenvalue weighted by Gasteiger charge is 1.99. The lowest BCUT2D eigenvalue weighted by Crippen LogP contribution is -2.06. The molecule has 0 radical (unpaired) electrons. The normalized spacial score (nSPS) is 10.0. The molecule has 94 valence electrons. The zero-order chi connectivity index (χ0) is 12.5. The molecule has 0 aliphatic carbocycles. The maximum atomic E-state index is 10.9. The van der Waals surface area contributed by atoms with E-state index in [-0.39, 0.29) is 5.97 Å². The molecule has 0 heterocycles. The molecule has 3 nitrogen and oxygen atoms in total. The van der Waals surface area contributed by atoms with Crippen molar-refractivity contribution in [1.29, 1.82) is 0 Å². The summed E-state index contributed by atoms with van der Waals surface area (Å²) in [6.07, 6.45) is 3.56. The zero-order valence-electron chi connectivity index (χ0n) is 10.7. The van der Waals surface area contributed by atoms with Gasteiger partial charge in [0.25, 0.3) is 0 Å². The summed E-state index contributed by atoms with van der Waals surface area (Å²) in [7, 11) is 1.42. The molecule has 0 amide bonds. The van der Waals surface area contributed by atoms with Crippen LogP contribution in [0.1, 0.15) is 31.7 Å². The molecule has 0 saturated heterocycles. The summed E-state index contributed by atoms with van der Waals surface area (Å²) in [5.41, 5.74) is 2.47. The van der Waals surface area contributed by atoms with Crippen molar-refractivity contribution >= 4 is 11.7 Å². The van der Waals surface area contributed by atoms with E-state index >= 15 is 0 Å². The van der Waals surface area contributed by atoms with Crippen molar-refractivity contribution in [3.8, 4) is 0 Å². The van der Waals surface area contributed by atoms with E-state index in [1.807, 2.05) is 0 Å². The van der Waals surface area contributed by atoms with Gasteiger partial charge in [-0.15, -0.1) is 0 Å². The van der Waals surface area contributed by atoms with E-state index in [2.05, 4.69) is 41.2 Å². The number of ether oxygens (including phenoxy) is 1. The SMILES string of the molecule is CCCc1ccc(NCCCC(=O)OC)cc1. The van der Waals surface area contributed by atoms with Crippen LogP contribution in [0.25, 0.3) is 0 Å². The molecule has 3 heteroatoms. The Balaban J connectivity index is 2.25. The van der Waals surface area contributed by atoms with E-state index in [1.54, 1.807) is 0 Å². The van der Waals surface area contributed by atoms with Gasteiger partial charge in [-0.1, -0.05) is 25.5 Å². The molecular weight excluding hydrogens is 214 g/mol. The molecule has 0 unspecified atom stereocenters. The molecule has 1 aromatic carbocycles. The number of benzene rings is 1. The monoisotopic (exact) mass is 235 g/mol. The Hall–Kier alpha value is -1.51. The van der Waals surface area contributed by atoms with Crippen molar-refractivity contribution in [2.45, 2.75) is 32.6 Å². The molecule has 0 aromatic heterocycles. The molecule has 17 heavy (non-hydrogen) atoms. The summed E-state index contributed by atoms with van der Waals surface area (Å²) >= 11 is 0. The number of hydrogen-bond donors (Lipinski definition) is 1. The van der Waals surface area contributed by atoms with Gasteiger partial charge in [0.1, 0.15) is 0 Å². The average Bonchev–Trinajstić information content (AvgIpc) is 2.36. The van der Waals surface area contributed by atoms with Crippen LogP contribution in [-0.4, -0.2) is 19.6 Å². The molecule has 1 rings (SSSR count). The molecule has 0 bridgehead atoms. The predicted octanol–water partition coefficient (Wildman–Crippen LogP) is 3.00. The molecule has 0 fully saturated rings. The summed E-state index contributed by atoms with van der Waals surface area (Å²) in [4.78, 5) is 10.9. The quantitative estimate of drug-likeness (QED) is 0.583. The first-order valence-electron chi connectivity index (χ1n) is 6.16. The highest BCUT2D eigenvalue weighted by Crippen LogP contribution is 2.11. The molecule has 0 aliphatic rings. The van der Waals surface area contributed by atoms with Crippen LogP contribution < -0.4 is 5.32 Å². The third-order valence-electron chi connectivity index (χ3n) is 2.61. The van der Waals surface area contributed by atoms with Gasteiger partial charge in [-0.2, -0.15) is 0 Å². The van der Waals surface area contributed by atoms with Crippen molar-refractivity contribution in [3.63, 3.8) is 0 Å². The fourth-order valence-electron chi connectivity index (χ4n) is 1.65. The minimum Gasteiger partial charge on any atom is -0.469 e. The van der Waals surface area contributed by atoms with Gasteiger partial charge in [-0.3, -0.25) is 4.79 Å².